The smallest absolute Gasteiger partial charge is 0.247 e. The van der Waals surface area contributed by atoms with E-state index in [0.29, 0.717) is 12.1 Å². The number of rotatable bonds is 5. The third-order valence-corrected chi connectivity index (χ3v) is 4.20. The first-order chi connectivity index (χ1) is 12.4. The molecule has 134 valence electrons. The van der Waals surface area contributed by atoms with Gasteiger partial charge < -0.3 is 20.7 Å². The van der Waals surface area contributed by atoms with Gasteiger partial charge in [0.15, 0.2) is 0 Å². The third-order valence-electron chi connectivity index (χ3n) is 4.20. The van der Waals surface area contributed by atoms with Gasteiger partial charge in [0, 0.05) is 30.4 Å². The molecule has 1 atom stereocenters. The summed E-state index contributed by atoms with van der Waals surface area (Å²) >= 11 is 0. The molecule has 0 radical (unpaired) electrons. The van der Waals surface area contributed by atoms with Gasteiger partial charge in [0.2, 0.25) is 11.8 Å². The van der Waals surface area contributed by atoms with Crippen molar-refractivity contribution in [1.82, 2.24) is 10.3 Å². The number of H-pyrrole nitrogens is 1. The van der Waals surface area contributed by atoms with Crippen molar-refractivity contribution in [2.75, 3.05) is 5.32 Å². The number of nitrogens with one attached hydrogen (secondary N) is 3. The van der Waals surface area contributed by atoms with E-state index in [-0.39, 0.29) is 17.6 Å². The molecule has 1 heterocycles. The highest BCUT2D eigenvalue weighted by atomic mass is 16.3. The predicted molar refractivity (Wildman–Crippen MR) is 101 cm³/mol. The van der Waals surface area contributed by atoms with E-state index in [0.717, 1.165) is 22.0 Å². The summed E-state index contributed by atoms with van der Waals surface area (Å²) in [6.45, 7) is 3.22. The van der Waals surface area contributed by atoms with Crippen LogP contribution in [0.5, 0.6) is 5.75 Å². The van der Waals surface area contributed by atoms with Gasteiger partial charge in [-0.15, -0.1) is 0 Å². The molecule has 6 heteroatoms. The molecule has 0 saturated carbocycles. The van der Waals surface area contributed by atoms with Gasteiger partial charge in [-0.25, -0.2) is 0 Å². The highest BCUT2D eigenvalue weighted by molar-refractivity contribution is 5.98. The van der Waals surface area contributed by atoms with Crippen LogP contribution in [-0.2, 0) is 16.0 Å². The minimum Gasteiger partial charge on any atom is -0.506 e. The van der Waals surface area contributed by atoms with Crippen LogP contribution in [0.15, 0.2) is 48.7 Å². The number of aromatic amines is 1. The first-order valence-electron chi connectivity index (χ1n) is 8.36. The summed E-state index contributed by atoms with van der Waals surface area (Å²) < 4.78 is 0. The summed E-state index contributed by atoms with van der Waals surface area (Å²) in [7, 11) is 0. The second-order valence-electron chi connectivity index (χ2n) is 6.33. The number of hydrogen-bond donors (Lipinski definition) is 4. The number of hydrogen-bond acceptors (Lipinski definition) is 3. The van der Waals surface area contributed by atoms with Crippen LogP contribution in [0.25, 0.3) is 10.9 Å². The van der Waals surface area contributed by atoms with Crippen molar-refractivity contribution in [3.8, 4) is 5.75 Å². The Morgan fingerprint density at radius 1 is 1.19 bits per heavy atom. The lowest BCUT2D eigenvalue weighted by atomic mass is 10.0. The number of aromatic hydroxyl groups is 1. The van der Waals surface area contributed by atoms with E-state index in [1.54, 1.807) is 18.2 Å². The van der Waals surface area contributed by atoms with Crippen LogP contribution in [0.1, 0.15) is 18.1 Å². The lowest BCUT2D eigenvalue weighted by Gasteiger charge is -2.18. The highest BCUT2D eigenvalue weighted by Gasteiger charge is 2.22. The number of aromatic nitrogens is 1. The quantitative estimate of drug-likeness (QED) is 0.532. The lowest BCUT2D eigenvalue weighted by Crippen LogP contribution is -2.44. The van der Waals surface area contributed by atoms with Crippen molar-refractivity contribution < 1.29 is 14.7 Å². The number of phenols is 1. The van der Waals surface area contributed by atoms with Gasteiger partial charge >= 0.3 is 0 Å². The summed E-state index contributed by atoms with van der Waals surface area (Å²) in [6, 6.07) is 12.0. The summed E-state index contributed by atoms with van der Waals surface area (Å²) in [6.07, 6.45) is 2.18. The Balaban J connectivity index is 1.83. The second kappa shape index (κ2) is 7.31. The Morgan fingerprint density at radius 3 is 2.69 bits per heavy atom. The second-order valence-corrected chi connectivity index (χ2v) is 6.33. The molecule has 2 amide bonds. The monoisotopic (exact) mass is 351 g/mol. The topological polar surface area (TPSA) is 94.2 Å². The fourth-order valence-corrected chi connectivity index (χ4v) is 2.94. The molecule has 0 spiro atoms. The van der Waals surface area contributed by atoms with Crippen LogP contribution in [0.2, 0.25) is 0 Å². The molecule has 0 aliphatic carbocycles. The molecule has 1 aromatic heterocycles. The standard InChI is InChI=1S/C20H21N3O3/c1-12-7-8-17(19(25)9-12)23-20(26)18(22-13(2)24)10-14-11-21-16-6-4-3-5-15(14)16/h3-9,11,18,21,25H,10H2,1-2H3,(H,22,24)(H,23,26)/t18-/m1/s1. The minimum atomic E-state index is -0.757. The van der Waals surface area contributed by atoms with Crippen molar-refractivity contribution in [3.05, 3.63) is 59.8 Å². The van der Waals surface area contributed by atoms with Crippen molar-refractivity contribution in [3.63, 3.8) is 0 Å². The molecule has 2 aromatic carbocycles. The molecule has 0 aliphatic heterocycles. The number of carbonyl (C=O) groups excluding carboxylic acids is 2. The van der Waals surface area contributed by atoms with E-state index >= 15 is 0 Å². The van der Waals surface area contributed by atoms with Crippen LogP contribution in [0, 0.1) is 6.92 Å². The molecule has 0 saturated heterocycles. The SMILES string of the molecule is CC(=O)N[C@H](Cc1c[nH]c2ccccc12)C(=O)Nc1ccc(C)cc1O. The number of benzene rings is 2. The molecular formula is C20H21N3O3. The van der Waals surface area contributed by atoms with Crippen molar-refractivity contribution in [2.45, 2.75) is 26.3 Å². The molecule has 3 rings (SSSR count). The minimum absolute atomic E-state index is 0.00739. The number of amides is 2. The van der Waals surface area contributed by atoms with E-state index in [1.807, 2.05) is 37.4 Å². The maximum Gasteiger partial charge on any atom is 0.247 e. The first-order valence-corrected chi connectivity index (χ1v) is 8.36. The molecule has 0 aliphatic rings. The van der Waals surface area contributed by atoms with Crippen molar-refractivity contribution in [1.29, 1.82) is 0 Å². The molecule has 0 unspecified atom stereocenters. The molecule has 3 aromatic rings. The van der Waals surface area contributed by atoms with Crippen LogP contribution in [-0.4, -0.2) is 27.9 Å². The maximum absolute atomic E-state index is 12.7. The number of para-hydroxylation sites is 1. The van der Waals surface area contributed by atoms with Gasteiger partial charge in [-0.05, 0) is 36.2 Å². The largest absolute Gasteiger partial charge is 0.506 e. The lowest BCUT2D eigenvalue weighted by molar-refractivity contribution is -0.125. The van der Waals surface area contributed by atoms with Crippen molar-refractivity contribution in [2.24, 2.45) is 0 Å². The predicted octanol–water partition coefficient (Wildman–Crippen LogP) is 2.87. The number of aryl methyl sites for hydroxylation is 1. The number of phenolic OH excluding ortho intramolecular Hbond substituents is 1. The van der Waals surface area contributed by atoms with Gasteiger partial charge in [0.1, 0.15) is 11.8 Å². The van der Waals surface area contributed by atoms with Crippen LogP contribution in [0.3, 0.4) is 0 Å². The van der Waals surface area contributed by atoms with E-state index in [9.17, 15) is 14.7 Å². The fourth-order valence-electron chi connectivity index (χ4n) is 2.94. The van der Waals surface area contributed by atoms with E-state index < -0.39 is 6.04 Å². The molecular weight excluding hydrogens is 330 g/mol. The third kappa shape index (κ3) is 3.85. The maximum atomic E-state index is 12.7. The van der Waals surface area contributed by atoms with Crippen LogP contribution in [0.4, 0.5) is 5.69 Å². The Morgan fingerprint density at radius 2 is 1.96 bits per heavy atom. The normalized spacial score (nSPS) is 11.9. The Labute approximate surface area is 151 Å². The van der Waals surface area contributed by atoms with E-state index in [2.05, 4.69) is 15.6 Å². The van der Waals surface area contributed by atoms with Gasteiger partial charge in [-0.1, -0.05) is 24.3 Å². The number of anilines is 1. The Bertz CT molecular complexity index is 962. The average Bonchev–Trinajstić information content (AvgIpc) is 2.99. The number of carbonyl (C=O) groups is 2. The van der Waals surface area contributed by atoms with Crippen LogP contribution >= 0.6 is 0 Å². The number of fused-ring (bicyclic) bond motifs is 1. The van der Waals surface area contributed by atoms with Crippen LogP contribution < -0.4 is 10.6 Å². The van der Waals surface area contributed by atoms with Gasteiger partial charge in [-0.3, -0.25) is 9.59 Å². The highest BCUT2D eigenvalue weighted by Crippen LogP contribution is 2.25. The summed E-state index contributed by atoms with van der Waals surface area (Å²) in [5.74, 6) is -0.685. The molecule has 4 N–H and O–H groups in total. The zero-order valence-electron chi connectivity index (χ0n) is 14.7. The summed E-state index contributed by atoms with van der Waals surface area (Å²) in [4.78, 5) is 27.4. The Hall–Kier alpha value is -3.28. The molecule has 0 fully saturated rings. The zero-order valence-corrected chi connectivity index (χ0v) is 14.7. The molecule has 0 bridgehead atoms. The molecule has 6 nitrogen and oxygen atoms in total. The first kappa shape index (κ1) is 17.5. The summed E-state index contributed by atoms with van der Waals surface area (Å²) in [5, 5.41) is 16.4. The van der Waals surface area contributed by atoms with Gasteiger partial charge in [-0.2, -0.15) is 0 Å². The average molecular weight is 351 g/mol. The Kier molecular flexibility index (Phi) is 4.93. The summed E-state index contributed by atoms with van der Waals surface area (Å²) in [5.41, 5.74) is 3.11. The van der Waals surface area contributed by atoms with Gasteiger partial charge in [0.25, 0.3) is 0 Å². The van der Waals surface area contributed by atoms with E-state index in [1.165, 1.54) is 6.92 Å². The van der Waals surface area contributed by atoms with Gasteiger partial charge in [0.05, 0.1) is 5.69 Å². The van der Waals surface area contributed by atoms with E-state index in [4.69, 9.17) is 0 Å². The van der Waals surface area contributed by atoms with Crippen molar-refractivity contribution >= 4 is 28.4 Å². The fraction of sp³-hybridized carbons (Fsp3) is 0.200. The zero-order chi connectivity index (χ0) is 18.7. The molecule has 26 heavy (non-hydrogen) atoms.